The van der Waals surface area contributed by atoms with Crippen molar-refractivity contribution in [2.45, 2.75) is 38.6 Å². The molecule has 1 aliphatic rings. The number of aryl methyl sites for hydroxylation is 1. The summed E-state index contributed by atoms with van der Waals surface area (Å²) in [5.41, 5.74) is 0. The smallest absolute Gasteiger partial charge is 0.223 e. The molecule has 0 aliphatic carbocycles. The van der Waals surface area contributed by atoms with Gasteiger partial charge in [-0.3, -0.25) is 4.79 Å². The molecule has 8 heteroatoms. The van der Waals surface area contributed by atoms with Crippen LogP contribution in [0.2, 0.25) is 0 Å². The van der Waals surface area contributed by atoms with Crippen molar-refractivity contribution >= 4 is 5.91 Å². The summed E-state index contributed by atoms with van der Waals surface area (Å²) >= 11 is 0. The number of piperidine rings is 1. The van der Waals surface area contributed by atoms with Crippen LogP contribution in [0.25, 0.3) is 0 Å². The van der Waals surface area contributed by atoms with Gasteiger partial charge in [0.1, 0.15) is 11.6 Å². The fourth-order valence-corrected chi connectivity index (χ4v) is 3.48. The van der Waals surface area contributed by atoms with E-state index in [1.165, 1.54) is 0 Å². The zero-order chi connectivity index (χ0) is 18.7. The molecule has 8 nitrogen and oxygen atoms in total. The van der Waals surface area contributed by atoms with E-state index < -0.39 is 0 Å². The average Bonchev–Trinajstić information content (AvgIpc) is 3.19. The molecule has 1 amide bonds. The Labute approximate surface area is 154 Å². The normalized spacial score (nSPS) is 17.9. The molecule has 3 heterocycles. The maximum atomic E-state index is 12.5. The van der Waals surface area contributed by atoms with Crippen molar-refractivity contribution < 1.29 is 4.79 Å². The molecule has 2 aromatic rings. The Bertz CT molecular complexity index is 749. The molecule has 1 aliphatic heterocycles. The van der Waals surface area contributed by atoms with Crippen molar-refractivity contribution in [3.8, 4) is 0 Å². The molecule has 1 fully saturated rings. The summed E-state index contributed by atoms with van der Waals surface area (Å²) in [7, 11) is 6.01. The number of imidazole rings is 1. The van der Waals surface area contributed by atoms with Crippen LogP contribution < -0.4 is 0 Å². The summed E-state index contributed by atoms with van der Waals surface area (Å²) in [6, 6.07) is 0. The van der Waals surface area contributed by atoms with Gasteiger partial charge in [-0.2, -0.15) is 0 Å². The van der Waals surface area contributed by atoms with Gasteiger partial charge in [-0.25, -0.2) is 4.98 Å². The standard InChI is InChI=1S/C18H29N7O/c1-14-19-8-11-24(14)13-16-20-21-18(23(16)4)15-6-5-9-25(12-15)17(26)7-10-22(2)3/h8,11,15H,5-7,9-10,12-13H2,1-4H3. The number of nitrogens with zero attached hydrogens (tertiary/aromatic N) is 7. The van der Waals surface area contributed by atoms with E-state index in [4.69, 9.17) is 0 Å². The summed E-state index contributed by atoms with van der Waals surface area (Å²) in [6.07, 6.45) is 6.39. The molecule has 0 aromatic carbocycles. The third-order valence-corrected chi connectivity index (χ3v) is 5.15. The number of rotatable bonds is 6. The third-order valence-electron chi connectivity index (χ3n) is 5.15. The fraction of sp³-hybridized carbons (Fsp3) is 0.667. The Balaban J connectivity index is 1.67. The van der Waals surface area contributed by atoms with Crippen molar-refractivity contribution in [3.63, 3.8) is 0 Å². The van der Waals surface area contributed by atoms with Crippen LogP contribution in [0.3, 0.4) is 0 Å². The molecule has 142 valence electrons. The highest BCUT2D eigenvalue weighted by atomic mass is 16.2. The van der Waals surface area contributed by atoms with E-state index in [-0.39, 0.29) is 11.8 Å². The van der Waals surface area contributed by atoms with Crippen molar-refractivity contribution in [1.29, 1.82) is 0 Å². The lowest BCUT2D eigenvalue weighted by Gasteiger charge is -2.32. The molecule has 2 aromatic heterocycles. The summed E-state index contributed by atoms with van der Waals surface area (Å²) in [4.78, 5) is 20.8. The minimum absolute atomic E-state index is 0.236. The Morgan fingerprint density at radius 3 is 2.85 bits per heavy atom. The molecule has 1 atom stereocenters. The van der Waals surface area contributed by atoms with E-state index in [2.05, 4.69) is 24.3 Å². The Morgan fingerprint density at radius 2 is 2.15 bits per heavy atom. The lowest BCUT2D eigenvalue weighted by Crippen LogP contribution is -2.40. The highest BCUT2D eigenvalue weighted by molar-refractivity contribution is 5.76. The first kappa shape index (κ1) is 18.6. The van der Waals surface area contributed by atoms with E-state index in [9.17, 15) is 4.79 Å². The second kappa shape index (κ2) is 7.99. The lowest BCUT2D eigenvalue weighted by atomic mass is 9.97. The molecule has 26 heavy (non-hydrogen) atoms. The predicted octanol–water partition coefficient (Wildman–Crippen LogP) is 1.03. The summed E-state index contributed by atoms with van der Waals surface area (Å²) < 4.78 is 4.14. The van der Waals surface area contributed by atoms with Crippen molar-refractivity contribution in [1.82, 2.24) is 34.1 Å². The second-order valence-electron chi connectivity index (χ2n) is 7.37. The number of carbonyl (C=O) groups is 1. The fourth-order valence-electron chi connectivity index (χ4n) is 3.48. The lowest BCUT2D eigenvalue weighted by molar-refractivity contribution is -0.132. The van der Waals surface area contributed by atoms with E-state index in [1.807, 2.05) is 44.1 Å². The molecule has 0 N–H and O–H groups in total. The SMILES string of the molecule is Cc1nccn1Cc1nnc(C2CCCN(C(=O)CCN(C)C)C2)n1C. The van der Waals surface area contributed by atoms with Gasteiger partial charge >= 0.3 is 0 Å². The third kappa shape index (κ3) is 4.12. The molecule has 0 bridgehead atoms. The van der Waals surface area contributed by atoms with Gasteiger partial charge in [-0.15, -0.1) is 10.2 Å². The monoisotopic (exact) mass is 359 g/mol. The first-order valence-corrected chi connectivity index (χ1v) is 9.24. The van der Waals surface area contributed by atoms with Crippen LogP contribution in [0.15, 0.2) is 12.4 Å². The number of hydrogen-bond acceptors (Lipinski definition) is 5. The predicted molar refractivity (Wildman–Crippen MR) is 98.8 cm³/mol. The van der Waals surface area contributed by atoms with Crippen molar-refractivity contribution in [3.05, 3.63) is 29.9 Å². The molecule has 0 radical (unpaired) electrons. The van der Waals surface area contributed by atoms with E-state index in [0.717, 1.165) is 49.9 Å². The van der Waals surface area contributed by atoms with Crippen LogP contribution in [-0.2, 0) is 18.4 Å². The maximum Gasteiger partial charge on any atom is 0.223 e. The van der Waals surface area contributed by atoms with E-state index in [1.54, 1.807) is 6.20 Å². The van der Waals surface area contributed by atoms with Crippen molar-refractivity contribution in [2.24, 2.45) is 7.05 Å². The summed E-state index contributed by atoms with van der Waals surface area (Å²) in [5.74, 6) is 3.34. The summed E-state index contributed by atoms with van der Waals surface area (Å²) in [6.45, 7) is 5.02. The number of carbonyl (C=O) groups excluding carboxylic acids is 1. The van der Waals surface area contributed by atoms with E-state index in [0.29, 0.717) is 13.0 Å². The number of aromatic nitrogens is 5. The first-order valence-electron chi connectivity index (χ1n) is 9.24. The molecular weight excluding hydrogens is 330 g/mol. The quantitative estimate of drug-likeness (QED) is 0.770. The maximum absolute atomic E-state index is 12.5. The number of amides is 1. The first-order chi connectivity index (χ1) is 12.5. The molecule has 0 saturated carbocycles. The number of likely N-dealkylation sites (tertiary alicyclic amines) is 1. The van der Waals surface area contributed by atoms with Crippen LogP contribution in [0.5, 0.6) is 0 Å². The topological polar surface area (TPSA) is 72.1 Å². The zero-order valence-electron chi connectivity index (χ0n) is 16.2. The van der Waals surface area contributed by atoms with Gasteiger partial charge in [0.15, 0.2) is 5.82 Å². The van der Waals surface area contributed by atoms with Gasteiger partial charge < -0.3 is 18.9 Å². The van der Waals surface area contributed by atoms with Gasteiger partial charge in [0.05, 0.1) is 6.54 Å². The van der Waals surface area contributed by atoms with Gasteiger partial charge in [-0.1, -0.05) is 0 Å². The largest absolute Gasteiger partial charge is 0.342 e. The van der Waals surface area contributed by atoms with Crippen LogP contribution >= 0.6 is 0 Å². The minimum atomic E-state index is 0.236. The molecule has 1 saturated heterocycles. The Hall–Kier alpha value is -2.22. The van der Waals surface area contributed by atoms with Crippen LogP contribution in [0.1, 0.15) is 42.7 Å². The average molecular weight is 359 g/mol. The second-order valence-corrected chi connectivity index (χ2v) is 7.37. The molecule has 1 unspecified atom stereocenters. The molecule has 0 spiro atoms. The molecular formula is C18H29N7O. The number of hydrogen-bond donors (Lipinski definition) is 0. The van der Waals surface area contributed by atoms with E-state index >= 15 is 0 Å². The van der Waals surface area contributed by atoms with Crippen LogP contribution in [0.4, 0.5) is 0 Å². The van der Waals surface area contributed by atoms with Gasteiger partial charge in [0.25, 0.3) is 0 Å². The van der Waals surface area contributed by atoms with Gasteiger partial charge in [-0.05, 0) is 33.9 Å². The minimum Gasteiger partial charge on any atom is -0.342 e. The van der Waals surface area contributed by atoms with Gasteiger partial charge in [0, 0.05) is 51.4 Å². The van der Waals surface area contributed by atoms with Gasteiger partial charge in [0.2, 0.25) is 5.91 Å². The Kier molecular flexibility index (Phi) is 5.70. The van der Waals surface area contributed by atoms with Crippen LogP contribution in [-0.4, -0.2) is 73.8 Å². The van der Waals surface area contributed by atoms with Crippen LogP contribution in [0, 0.1) is 6.92 Å². The van der Waals surface area contributed by atoms with Crippen molar-refractivity contribution in [2.75, 3.05) is 33.7 Å². The summed E-state index contributed by atoms with van der Waals surface area (Å²) in [5, 5.41) is 8.84. The zero-order valence-corrected chi connectivity index (χ0v) is 16.2. The molecule has 3 rings (SSSR count). The highest BCUT2D eigenvalue weighted by Crippen LogP contribution is 2.26. The highest BCUT2D eigenvalue weighted by Gasteiger charge is 2.28. The Morgan fingerprint density at radius 1 is 1.35 bits per heavy atom.